The number of hydrogen-bond acceptors (Lipinski definition) is 10. The Labute approximate surface area is 154 Å². The van der Waals surface area contributed by atoms with Gasteiger partial charge in [0.2, 0.25) is 0 Å². The Bertz CT molecular complexity index is 367. The summed E-state index contributed by atoms with van der Waals surface area (Å²) < 4.78 is 43.2. The first-order chi connectivity index (χ1) is 12.4. The van der Waals surface area contributed by atoms with E-state index in [-0.39, 0.29) is 27.0 Å². The zero-order valence-electron chi connectivity index (χ0n) is 16.1. The highest BCUT2D eigenvalue weighted by Crippen LogP contribution is 2.30. The number of hydrogen-bond donors (Lipinski definition) is 2. The summed E-state index contributed by atoms with van der Waals surface area (Å²) in [5.74, 6) is -1.11. The molecule has 0 aromatic carbocycles. The van der Waals surface area contributed by atoms with Gasteiger partial charge in [-0.3, -0.25) is 0 Å². The molecule has 1 aliphatic heterocycles. The number of aliphatic hydroxyl groups is 2. The first-order valence-corrected chi connectivity index (χ1v) is 8.32. The lowest BCUT2D eigenvalue weighted by Crippen LogP contribution is -2.53. The standard InChI is InChI=1S/C16H32O10/c1-16(2)25-11(6-17)13(18)15(24-10-21-5)14(26-16)12(23-9-20-4)7-22-8-19-3/h11-15,17-18H,6-10H2,1-5H3/t11-,12+,13-,14-,15+/m1/s1. The molecule has 10 nitrogen and oxygen atoms in total. The Morgan fingerprint density at radius 2 is 1.65 bits per heavy atom. The zero-order valence-corrected chi connectivity index (χ0v) is 16.1. The summed E-state index contributed by atoms with van der Waals surface area (Å²) in [6, 6.07) is 0. The summed E-state index contributed by atoms with van der Waals surface area (Å²) in [5, 5.41) is 20.3. The summed E-state index contributed by atoms with van der Waals surface area (Å²) in [6.45, 7) is 3.01. The third-order valence-electron chi connectivity index (χ3n) is 3.70. The lowest BCUT2D eigenvalue weighted by Gasteiger charge is -2.35. The molecule has 0 amide bonds. The van der Waals surface area contributed by atoms with Gasteiger partial charge in [0.15, 0.2) is 5.79 Å². The molecule has 1 saturated heterocycles. The molecule has 5 atom stereocenters. The van der Waals surface area contributed by atoms with E-state index in [1.807, 2.05) is 0 Å². The molecule has 0 unspecified atom stereocenters. The van der Waals surface area contributed by atoms with Gasteiger partial charge in [-0.25, -0.2) is 0 Å². The van der Waals surface area contributed by atoms with Gasteiger partial charge in [0.1, 0.15) is 50.9 Å². The SMILES string of the molecule is COCOC[C@H](OCOC)[C@H]1OC(C)(C)O[C@H](CO)[C@@H](O)[C@@H]1OCOC. The lowest BCUT2D eigenvalue weighted by molar-refractivity contribution is -0.280. The predicted octanol–water partition coefficient (Wildman–Crippen LogP) is -0.542. The van der Waals surface area contributed by atoms with E-state index >= 15 is 0 Å². The van der Waals surface area contributed by atoms with E-state index in [4.69, 9.17) is 37.9 Å². The Kier molecular flexibility index (Phi) is 11.0. The summed E-state index contributed by atoms with van der Waals surface area (Å²) in [4.78, 5) is 0. The smallest absolute Gasteiger partial charge is 0.164 e. The summed E-state index contributed by atoms with van der Waals surface area (Å²) >= 11 is 0. The van der Waals surface area contributed by atoms with E-state index < -0.39 is 42.9 Å². The average Bonchev–Trinajstić information content (AvgIpc) is 2.70. The highest BCUT2D eigenvalue weighted by Gasteiger charge is 2.48. The summed E-state index contributed by atoms with van der Waals surface area (Å²) in [5.41, 5.74) is 0. The van der Waals surface area contributed by atoms with Crippen molar-refractivity contribution in [2.45, 2.75) is 50.2 Å². The molecule has 0 radical (unpaired) electrons. The fraction of sp³-hybridized carbons (Fsp3) is 1.00. The minimum absolute atomic E-state index is 0.0152. The second-order valence-electron chi connectivity index (χ2n) is 6.24. The molecule has 1 heterocycles. The van der Waals surface area contributed by atoms with Crippen molar-refractivity contribution in [3.05, 3.63) is 0 Å². The van der Waals surface area contributed by atoms with Crippen molar-refractivity contribution < 1.29 is 48.1 Å². The normalized spacial score (nSPS) is 30.1. The monoisotopic (exact) mass is 384 g/mol. The highest BCUT2D eigenvalue weighted by atomic mass is 16.7. The fourth-order valence-corrected chi connectivity index (χ4v) is 2.68. The van der Waals surface area contributed by atoms with Crippen LogP contribution in [0.25, 0.3) is 0 Å². The second-order valence-corrected chi connectivity index (χ2v) is 6.24. The molecule has 0 saturated carbocycles. The molecule has 0 aromatic rings. The maximum absolute atomic E-state index is 10.7. The minimum Gasteiger partial charge on any atom is -0.394 e. The third-order valence-corrected chi connectivity index (χ3v) is 3.70. The molecular weight excluding hydrogens is 352 g/mol. The van der Waals surface area contributed by atoms with E-state index in [2.05, 4.69) is 0 Å². The number of rotatable bonds is 12. The topological polar surface area (TPSA) is 114 Å². The third kappa shape index (κ3) is 7.31. The van der Waals surface area contributed by atoms with E-state index in [1.165, 1.54) is 21.3 Å². The molecule has 0 spiro atoms. The molecule has 1 rings (SSSR count). The molecule has 10 heteroatoms. The van der Waals surface area contributed by atoms with Gasteiger partial charge in [-0.05, 0) is 13.8 Å². The van der Waals surface area contributed by atoms with Crippen LogP contribution in [0, 0.1) is 0 Å². The van der Waals surface area contributed by atoms with E-state index in [0.29, 0.717) is 0 Å². The highest BCUT2D eigenvalue weighted by molar-refractivity contribution is 4.92. The van der Waals surface area contributed by atoms with Gasteiger partial charge >= 0.3 is 0 Å². The molecule has 1 fully saturated rings. The average molecular weight is 384 g/mol. The maximum Gasteiger partial charge on any atom is 0.164 e. The van der Waals surface area contributed by atoms with E-state index in [1.54, 1.807) is 13.8 Å². The van der Waals surface area contributed by atoms with Crippen molar-refractivity contribution in [2.75, 3.05) is 54.9 Å². The van der Waals surface area contributed by atoms with Crippen LogP contribution in [0.2, 0.25) is 0 Å². The zero-order chi connectivity index (χ0) is 19.6. The summed E-state index contributed by atoms with van der Waals surface area (Å²) in [6.07, 6.45) is -4.44. The Hall–Kier alpha value is -0.400. The van der Waals surface area contributed by atoms with Gasteiger partial charge < -0.3 is 48.1 Å². The Morgan fingerprint density at radius 1 is 1.00 bits per heavy atom. The maximum atomic E-state index is 10.7. The lowest BCUT2D eigenvalue weighted by atomic mass is 9.99. The van der Waals surface area contributed by atoms with Gasteiger partial charge in [-0.15, -0.1) is 0 Å². The second kappa shape index (κ2) is 12.1. The molecule has 0 aromatic heterocycles. The van der Waals surface area contributed by atoms with E-state index in [9.17, 15) is 10.2 Å². The van der Waals surface area contributed by atoms with Crippen LogP contribution in [0.1, 0.15) is 13.8 Å². The number of aliphatic hydroxyl groups excluding tert-OH is 2. The largest absolute Gasteiger partial charge is 0.394 e. The van der Waals surface area contributed by atoms with E-state index in [0.717, 1.165) is 0 Å². The van der Waals surface area contributed by atoms with Gasteiger partial charge in [0.25, 0.3) is 0 Å². The van der Waals surface area contributed by atoms with Crippen molar-refractivity contribution in [2.24, 2.45) is 0 Å². The molecular formula is C16H32O10. The minimum atomic E-state index is -1.18. The first kappa shape index (κ1) is 23.6. The first-order valence-electron chi connectivity index (χ1n) is 8.32. The van der Waals surface area contributed by atoms with Gasteiger partial charge in [-0.1, -0.05) is 0 Å². The van der Waals surface area contributed by atoms with Gasteiger partial charge in [0.05, 0.1) is 13.2 Å². The predicted molar refractivity (Wildman–Crippen MR) is 88.2 cm³/mol. The quantitative estimate of drug-likeness (QED) is 0.336. The van der Waals surface area contributed by atoms with Crippen LogP contribution in [-0.2, 0) is 37.9 Å². The fourth-order valence-electron chi connectivity index (χ4n) is 2.68. The van der Waals surface area contributed by atoms with Crippen LogP contribution < -0.4 is 0 Å². The van der Waals surface area contributed by atoms with Crippen LogP contribution in [-0.4, -0.2) is 101 Å². The van der Waals surface area contributed by atoms with Crippen LogP contribution >= 0.6 is 0 Å². The van der Waals surface area contributed by atoms with Crippen molar-refractivity contribution in [3.63, 3.8) is 0 Å². The van der Waals surface area contributed by atoms with Gasteiger partial charge in [0, 0.05) is 21.3 Å². The van der Waals surface area contributed by atoms with Crippen LogP contribution in [0.15, 0.2) is 0 Å². The Morgan fingerprint density at radius 3 is 2.23 bits per heavy atom. The van der Waals surface area contributed by atoms with Crippen molar-refractivity contribution in [3.8, 4) is 0 Å². The molecule has 2 N–H and O–H groups in total. The molecule has 0 bridgehead atoms. The van der Waals surface area contributed by atoms with Crippen LogP contribution in [0.5, 0.6) is 0 Å². The molecule has 26 heavy (non-hydrogen) atoms. The van der Waals surface area contributed by atoms with Crippen molar-refractivity contribution in [1.82, 2.24) is 0 Å². The Balaban J connectivity index is 3.07. The van der Waals surface area contributed by atoms with Crippen molar-refractivity contribution >= 4 is 0 Å². The molecule has 156 valence electrons. The van der Waals surface area contributed by atoms with Crippen molar-refractivity contribution in [1.29, 1.82) is 0 Å². The van der Waals surface area contributed by atoms with Crippen LogP contribution in [0.3, 0.4) is 0 Å². The number of ether oxygens (including phenoxy) is 8. The summed E-state index contributed by atoms with van der Waals surface area (Å²) in [7, 11) is 4.46. The molecule has 0 aliphatic carbocycles. The van der Waals surface area contributed by atoms with Gasteiger partial charge in [-0.2, -0.15) is 0 Å². The molecule has 1 aliphatic rings. The number of methoxy groups -OCH3 is 3. The van der Waals surface area contributed by atoms with Crippen LogP contribution in [0.4, 0.5) is 0 Å².